The maximum absolute atomic E-state index is 13.1. The number of amides is 1. The average molecular weight is 396 g/mol. The van der Waals surface area contributed by atoms with Crippen molar-refractivity contribution in [2.75, 3.05) is 20.8 Å². The quantitative estimate of drug-likeness (QED) is 0.768. The van der Waals surface area contributed by atoms with Crippen LogP contribution in [0.25, 0.3) is 0 Å². The summed E-state index contributed by atoms with van der Waals surface area (Å²) in [6.07, 6.45) is 1.63. The lowest BCUT2D eigenvalue weighted by Crippen LogP contribution is -2.38. The Morgan fingerprint density at radius 3 is 2.72 bits per heavy atom. The van der Waals surface area contributed by atoms with Gasteiger partial charge in [-0.25, -0.2) is 4.68 Å². The minimum atomic E-state index is -0.543. The van der Waals surface area contributed by atoms with Gasteiger partial charge in [0.25, 0.3) is 5.56 Å². The van der Waals surface area contributed by atoms with Crippen molar-refractivity contribution in [2.45, 2.75) is 39.3 Å². The molecular formula is C21H24N4O4. The van der Waals surface area contributed by atoms with E-state index >= 15 is 0 Å². The number of rotatable bonds is 5. The molecule has 29 heavy (non-hydrogen) atoms. The van der Waals surface area contributed by atoms with E-state index in [1.807, 2.05) is 24.3 Å². The molecule has 1 aliphatic rings. The Bertz CT molecular complexity index is 1040. The second-order valence-electron chi connectivity index (χ2n) is 7.01. The Kier molecular flexibility index (Phi) is 5.87. The van der Waals surface area contributed by atoms with Crippen LogP contribution in [0, 0.1) is 25.2 Å². The number of ether oxygens (including phenoxy) is 2. The largest absolute Gasteiger partial charge is 0.497 e. The molecule has 0 radical (unpaired) electrons. The number of benzene rings is 1. The normalized spacial score (nSPS) is 15.8. The van der Waals surface area contributed by atoms with Gasteiger partial charge in [0.05, 0.1) is 26.0 Å². The van der Waals surface area contributed by atoms with Gasteiger partial charge in [-0.1, -0.05) is 0 Å². The molecule has 2 aromatic rings. The maximum Gasteiger partial charge on any atom is 0.285 e. The summed E-state index contributed by atoms with van der Waals surface area (Å²) < 4.78 is 11.9. The molecule has 152 valence electrons. The fraction of sp³-hybridized carbons (Fsp3) is 0.429. The predicted octanol–water partition coefficient (Wildman–Crippen LogP) is 2.11. The minimum Gasteiger partial charge on any atom is -0.497 e. The topological polar surface area (TPSA) is 97.4 Å². The van der Waals surface area contributed by atoms with Crippen molar-refractivity contribution in [3.05, 3.63) is 50.9 Å². The number of methoxy groups -OCH3 is 2. The van der Waals surface area contributed by atoms with E-state index in [-0.39, 0.29) is 24.1 Å². The van der Waals surface area contributed by atoms with Gasteiger partial charge in [-0.15, -0.1) is 0 Å². The fourth-order valence-electron chi connectivity index (χ4n) is 3.72. The first kappa shape index (κ1) is 20.4. The molecule has 0 bridgehead atoms. The molecule has 1 saturated heterocycles. The third kappa shape index (κ3) is 3.81. The Balaban J connectivity index is 1.92. The van der Waals surface area contributed by atoms with Crippen molar-refractivity contribution in [1.29, 1.82) is 5.26 Å². The average Bonchev–Trinajstić information content (AvgIpc) is 3.21. The van der Waals surface area contributed by atoms with Crippen molar-refractivity contribution >= 4 is 5.91 Å². The number of hydrogen-bond acceptors (Lipinski definition) is 6. The van der Waals surface area contributed by atoms with Gasteiger partial charge in [0.15, 0.2) is 0 Å². The zero-order valence-corrected chi connectivity index (χ0v) is 17.1. The zero-order chi connectivity index (χ0) is 21.1. The molecule has 8 nitrogen and oxygen atoms in total. The number of aromatic nitrogens is 2. The van der Waals surface area contributed by atoms with Crippen LogP contribution < -0.4 is 15.0 Å². The number of hydrogen-bond donors (Lipinski definition) is 0. The van der Waals surface area contributed by atoms with Crippen molar-refractivity contribution in [3.8, 4) is 17.6 Å². The highest BCUT2D eigenvalue weighted by Crippen LogP contribution is 2.39. The van der Waals surface area contributed by atoms with Crippen LogP contribution in [0.4, 0.5) is 0 Å². The number of carbonyl (C=O) groups is 1. The van der Waals surface area contributed by atoms with Crippen molar-refractivity contribution in [2.24, 2.45) is 0 Å². The SMILES string of the molecule is COc1ccc(OC)c(C2CCCN2C(=O)Cn2nc(C)c(C)c(C#N)c2=O)c1. The Hall–Kier alpha value is -3.34. The number of likely N-dealkylation sites (tertiary alicyclic amines) is 1. The van der Waals surface area contributed by atoms with E-state index in [0.717, 1.165) is 23.1 Å². The highest BCUT2D eigenvalue weighted by Gasteiger charge is 2.32. The molecule has 0 N–H and O–H groups in total. The maximum atomic E-state index is 13.1. The number of nitriles is 1. The lowest BCUT2D eigenvalue weighted by Gasteiger charge is -2.27. The summed E-state index contributed by atoms with van der Waals surface area (Å²) in [6, 6.07) is 7.26. The molecular weight excluding hydrogens is 372 g/mol. The lowest BCUT2D eigenvalue weighted by atomic mass is 10.0. The van der Waals surface area contributed by atoms with E-state index in [1.54, 1.807) is 33.0 Å². The Morgan fingerprint density at radius 1 is 1.31 bits per heavy atom. The Morgan fingerprint density at radius 2 is 2.07 bits per heavy atom. The van der Waals surface area contributed by atoms with Crippen LogP contribution in [0.1, 0.15) is 41.3 Å². The summed E-state index contributed by atoms with van der Waals surface area (Å²) in [5.74, 6) is 1.15. The lowest BCUT2D eigenvalue weighted by molar-refractivity contribution is -0.133. The van der Waals surface area contributed by atoms with Crippen molar-refractivity contribution in [3.63, 3.8) is 0 Å². The van der Waals surface area contributed by atoms with Gasteiger partial charge in [0.2, 0.25) is 5.91 Å². The molecule has 2 heterocycles. The summed E-state index contributed by atoms with van der Waals surface area (Å²) in [5, 5.41) is 13.5. The first-order chi connectivity index (χ1) is 13.9. The molecule has 1 fully saturated rings. The third-order valence-electron chi connectivity index (χ3n) is 5.40. The predicted molar refractivity (Wildman–Crippen MR) is 106 cm³/mol. The first-order valence-electron chi connectivity index (χ1n) is 9.41. The molecule has 1 aromatic heterocycles. The molecule has 0 aliphatic carbocycles. The van der Waals surface area contributed by atoms with Gasteiger partial charge in [-0.2, -0.15) is 10.4 Å². The van der Waals surface area contributed by atoms with Crippen LogP contribution in [0.2, 0.25) is 0 Å². The van der Waals surface area contributed by atoms with Crippen LogP contribution >= 0.6 is 0 Å². The van der Waals surface area contributed by atoms with Crippen molar-refractivity contribution in [1.82, 2.24) is 14.7 Å². The van der Waals surface area contributed by atoms with Gasteiger partial charge < -0.3 is 14.4 Å². The molecule has 1 aliphatic heterocycles. The van der Waals surface area contributed by atoms with E-state index in [2.05, 4.69) is 5.10 Å². The summed E-state index contributed by atoms with van der Waals surface area (Å²) >= 11 is 0. The number of nitrogens with zero attached hydrogens (tertiary/aromatic N) is 4. The van der Waals surface area contributed by atoms with E-state index in [9.17, 15) is 14.9 Å². The molecule has 0 saturated carbocycles. The zero-order valence-electron chi connectivity index (χ0n) is 17.1. The van der Waals surface area contributed by atoms with Crippen LogP contribution in [0.3, 0.4) is 0 Å². The van der Waals surface area contributed by atoms with Crippen LogP contribution in [0.15, 0.2) is 23.0 Å². The molecule has 0 spiro atoms. The van der Waals surface area contributed by atoms with E-state index in [1.165, 1.54) is 0 Å². The van der Waals surface area contributed by atoms with Crippen LogP contribution in [0.5, 0.6) is 11.5 Å². The molecule has 8 heteroatoms. The molecule has 1 amide bonds. The monoisotopic (exact) mass is 396 g/mol. The van der Waals surface area contributed by atoms with Gasteiger partial charge >= 0.3 is 0 Å². The number of aryl methyl sites for hydroxylation is 1. The second kappa shape index (κ2) is 8.35. The number of carbonyl (C=O) groups excluding carboxylic acids is 1. The van der Waals surface area contributed by atoms with Crippen LogP contribution in [-0.4, -0.2) is 41.4 Å². The first-order valence-corrected chi connectivity index (χ1v) is 9.41. The highest BCUT2D eigenvalue weighted by atomic mass is 16.5. The van der Waals surface area contributed by atoms with Gasteiger partial charge in [0, 0.05) is 12.1 Å². The van der Waals surface area contributed by atoms with Gasteiger partial charge in [-0.05, 0) is 50.5 Å². The smallest absolute Gasteiger partial charge is 0.285 e. The summed E-state index contributed by atoms with van der Waals surface area (Å²) in [6.45, 7) is 3.77. The summed E-state index contributed by atoms with van der Waals surface area (Å²) in [4.78, 5) is 27.3. The second-order valence-corrected chi connectivity index (χ2v) is 7.01. The molecule has 1 unspecified atom stereocenters. The van der Waals surface area contributed by atoms with E-state index in [4.69, 9.17) is 9.47 Å². The minimum absolute atomic E-state index is 0.0257. The molecule has 1 aromatic carbocycles. The fourth-order valence-corrected chi connectivity index (χ4v) is 3.72. The van der Waals surface area contributed by atoms with Crippen LogP contribution in [-0.2, 0) is 11.3 Å². The molecule has 3 rings (SSSR count). The summed E-state index contributed by atoms with van der Waals surface area (Å²) in [5.41, 5.74) is 1.45. The van der Waals surface area contributed by atoms with E-state index < -0.39 is 5.56 Å². The van der Waals surface area contributed by atoms with Crippen molar-refractivity contribution < 1.29 is 14.3 Å². The van der Waals surface area contributed by atoms with E-state index in [0.29, 0.717) is 29.3 Å². The van der Waals surface area contributed by atoms with Gasteiger partial charge in [0.1, 0.15) is 29.7 Å². The summed E-state index contributed by atoms with van der Waals surface area (Å²) in [7, 11) is 3.18. The standard InChI is InChI=1S/C21H24N4O4/c1-13-14(2)23-25(21(27)17(13)11-22)12-20(26)24-9-5-6-18(24)16-10-15(28-3)7-8-19(16)29-4/h7-8,10,18H,5-6,9,12H2,1-4H3. The molecule has 1 atom stereocenters. The highest BCUT2D eigenvalue weighted by molar-refractivity contribution is 5.77. The Labute approximate surface area is 169 Å². The third-order valence-corrected chi connectivity index (χ3v) is 5.40. The van der Waals surface area contributed by atoms with Gasteiger partial charge in [-0.3, -0.25) is 9.59 Å².